The van der Waals surface area contributed by atoms with Gasteiger partial charge in [-0.2, -0.15) is 18.2 Å². The summed E-state index contributed by atoms with van der Waals surface area (Å²) in [6.45, 7) is 1.66. The van der Waals surface area contributed by atoms with E-state index in [4.69, 9.17) is 9.47 Å². The van der Waals surface area contributed by atoms with Crippen LogP contribution in [0.25, 0.3) is 10.7 Å². The molecule has 2 aromatic heterocycles. The number of fused-ring (bicyclic) bond motifs is 1. The van der Waals surface area contributed by atoms with E-state index in [0.717, 1.165) is 23.3 Å². The number of halogens is 3. The van der Waals surface area contributed by atoms with Gasteiger partial charge in [0.1, 0.15) is 5.75 Å². The highest BCUT2D eigenvalue weighted by Crippen LogP contribution is 2.32. The maximum atomic E-state index is 13.3. The topological polar surface area (TPSA) is 107 Å². The van der Waals surface area contributed by atoms with Gasteiger partial charge < -0.3 is 24.2 Å². The minimum absolute atomic E-state index is 0.133. The van der Waals surface area contributed by atoms with Crippen LogP contribution in [0.3, 0.4) is 0 Å². The van der Waals surface area contributed by atoms with Crippen molar-refractivity contribution in [1.82, 2.24) is 20.4 Å². The molecule has 2 amide bonds. The van der Waals surface area contributed by atoms with Crippen LogP contribution in [-0.2, 0) is 17.3 Å². The summed E-state index contributed by atoms with van der Waals surface area (Å²) in [7, 11) is 0. The van der Waals surface area contributed by atoms with Crippen molar-refractivity contribution in [3.05, 3.63) is 52.2 Å². The Morgan fingerprint density at radius 1 is 1.20 bits per heavy atom. The summed E-state index contributed by atoms with van der Waals surface area (Å²) in [6, 6.07) is 8.00. The van der Waals surface area contributed by atoms with Crippen LogP contribution in [0.15, 0.2) is 34.9 Å². The van der Waals surface area contributed by atoms with E-state index in [2.05, 4.69) is 20.0 Å². The highest BCUT2D eigenvalue weighted by Gasteiger charge is 2.38. The fourth-order valence-electron chi connectivity index (χ4n) is 3.95. The first kappa shape index (κ1) is 23.3. The first-order valence-corrected chi connectivity index (χ1v) is 11.6. The molecular formula is C22H19F3N4O5S. The van der Waals surface area contributed by atoms with E-state index in [-0.39, 0.29) is 34.6 Å². The predicted molar refractivity (Wildman–Crippen MR) is 116 cm³/mol. The second kappa shape index (κ2) is 9.30. The van der Waals surface area contributed by atoms with E-state index in [1.807, 2.05) is 12.1 Å². The highest BCUT2D eigenvalue weighted by molar-refractivity contribution is 7.17. The van der Waals surface area contributed by atoms with Gasteiger partial charge in [-0.25, -0.2) is 0 Å². The molecule has 35 heavy (non-hydrogen) atoms. The van der Waals surface area contributed by atoms with Crippen LogP contribution in [0.4, 0.5) is 13.2 Å². The summed E-state index contributed by atoms with van der Waals surface area (Å²) in [5.41, 5.74) is 1.48. The molecule has 1 N–H and O–H groups in total. The third-order valence-electron chi connectivity index (χ3n) is 5.65. The van der Waals surface area contributed by atoms with Gasteiger partial charge in [0.05, 0.1) is 41.2 Å². The Kier molecular flexibility index (Phi) is 6.19. The van der Waals surface area contributed by atoms with Gasteiger partial charge in [-0.3, -0.25) is 9.59 Å². The first-order valence-electron chi connectivity index (χ1n) is 10.7. The molecule has 0 bridgehead atoms. The summed E-state index contributed by atoms with van der Waals surface area (Å²) in [6.07, 6.45) is -4.00. The fraction of sp³-hybridized carbons (Fsp3) is 0.364. The molecule has 0 saturated carbocycles. The third-order valence-corrected chi connectivity index (χ3v) is 6.73. The number of nitrogens with one attached hydrogen (secondary N) is 1. The Balaban J connectivity index is 1.25. The van der Waals surface area contributed by atoms with Crippen molar-refractivity contribution in [2.24, 2.45) is 0 Å². The molecule has 5 rings (SSSR count). The monoisotopic (exact) mass is 508 g/mol. The average molecular weight is 508 g/mol. The molecule has 13 heteroatoms. The number of nitrogens with zero attached hydrogens (tertiary/aromatic N) is 3. The van der Waals surface area contributed by atoms with Crippen LogP contribution in [0.1, 0.15) is 31.5 Å². The van der Waals surface area contributed by atoms with Gasteiger partial charge in [-0.1, -0.05) is 17.3 Å². The molecule has 0 radical (unpaired) electrons. The van der Waals surface area contributed by atoms with Crippen molar-refractivity contribution in [3.8, 4) is 16.5 Å². The smallest absolute Gasteiger partial charge is 0.471 e. The Labute approximate surface area is 200 Å². The summed E-state index contributed by atoms with van der Waals surface area (Å²) >= 11 is 0.929. The number of amides is 2. The van der Waals surface area contributed by atoms with E-state index in [0.29, 0.717) is 31.1 Å². The number of carbonyl (C=O) groups is 2. The normalized spacial score (nSPS) is 17.7. The van der Waals surface area contributed by atoms with E-state index < -0.39 is 24.0 Å². The SMILES string of the molecule is O=C(NCC1COCCN1C(=O)c1cccc2c1OCC2)c1ccc(-c2noc(C(F)(F)F)n2)s1. The summed E-state index contributed by atoms with van der Waals surface area (Å²) < 4.78 is 53.5. The zero-order chi connectivity index (χ0) is 24.6. The van der Waals surface area contributed by atoms with Crippen LogP contribution in [-0.4, -0.2) is 65.8 Å². The van der Waals surface area contributed by atoms with Gasteiger partial charge in [-0.15, -0.1) is 11.3 Å². The van der Waals surface area contributed by atoms with Gasteiger partial charge in [0, 0.05) is 19.5 Å². The van der Waals surface area contributed by atoms with Crippen LogP contribution >= 0.6 is 11.3 Å². The second-order valence-electron chi connectivity index (χ2n) is 7.91. The Hall–Kier alpha value is -3.45. The molecular weight excluding hydrogens is 489 g/mol. The van der Waals surface area contributed by atoms with Crippen molar-refractivity contribution in [2.45, 2.75) is 18.6 Å². The number of rotatable bonds is 5. The number of hydrogen-bond acceptors (Lipinski definition) is 8. The molecule has 1 saturated heterocycles. The molecule has 1 aromatic carbocycles. The summed E-state index contributed by atoms with van der Waals surface area (Å²) in [4.78, 5) is 31.5. The lowest BCUT2D eigenvalue weighted by Crippen LogP contribution is -2.53. The lowest BCUT2D eigenvalue weighted by molar-refractivity contribution is -0.159. The predicted octanol–water partition coefficient (Wildman–Crippen LogP) is 3.02. The van der Waals surface area contributed by atoms with Crippen LogP contribution in [0.2, 0.25) is 0 Å². The Morgan fingerprint density at radius 2 is 2.06 bits per heavy atom. The standard InChI is InChI=1S/C22H19F3N4O5S/c23-22(24,25)21-27-18(28-34-21)15-4-5-16(35-15)19(30)26-10-13-11-32-9-7-29(13)20(31)14-3-1-2-12-6-8-33-17(12)14/h1-5,13H,6-11H2,(H,26,30). The molecule has 9 nitrogen and oxygen atoms in total. The Bertz CT molecular complexity index is 1260. The number of hydrogen-bond donors (Lipinski definition) is 1. The van der Waals surface area contributed by atoms with Crippen molar-refractivity contribution >= 4 is 23.2 Å². The van der Waals surface area contributed by atoms with Gasteiger partial charge in [-0.05, 0) is 23.8 Å². The summed E-state index contributed by atoms with van der Waals surface area (Å²) in [5, 5.41) is 6.10. The molecule has 2 aliphatic heterocycles. The fourth-order valence-corrected chi connectivity index (χ4v) is 4.79. The lowest BCUT2D eigenvalue weighted by Gasteiger charge is -2.36. The first-order chi connectivity index (χ1) is 16.8. The number of carbonyl (C=O) groups excluding carboxylic acids is 2. The van der Waals surface area contributed by atoms with Gasteiger partial charge in [0.25, 0.3) is 11.8 Å². The minimum atomic E-state index is -4.75. The number of ether oxygens (including phenoxy) is 2. The van der Waals surface area contributed by atoms with Gasteiger partial charge in [0.15, 0.2) is 0 Å². The van der Waals surface area contributed by atoms with Crippen molar-refractivity contribution < 1.29 is 36.8 Å². The van der Waals surface area contributed by atoms with Crippen molar-refractivity contribution in [2.75, 3.05) is 32.9 Å². The maximum absolute atomic E-state index is 13.3. The zero-order valence-corrected chi connectivity index (χ0v) is 18.9. The number of thiophene rings is 1. The molecule has 0 aliphatic carbocycles. The van der Waals surface area contributed by atoms with Gasteiger partial charge in [0.2, 0.25) is 5.82 Å². The number of aromatic nitrogens is 2. The molecule has 0 spiro atoms. The molecule has 1 atom stereocenters. The van der Waals surface area contributed by atoms with E-state index in [1.165, 1.54) is 12.1 Å². The quantitative estimate of drug-likeness (QED) is 0.565. The number of benzene rings is 1. The second-order valence-corrected chi connectivity index (χ2v) is 9.00. The molecule has 3 aromatic rings. The maximum Gasteiger partial charge on any atom is 0.471 e. The van der Waals surface area contributed by atoms with Crippen LogP contribution < -0.4 is 10.1 Å². The van der Waals surface area contributed by atoms with Crippen LogP contribution in [0.5, 0.6) is 5.75 Å². The van der Waals surface area contributed by atoms with E-state index in [9.17, 15) is 22.8 Å². The molecule has 1 fully saturated rings. The molecule has 184 valence electrons. The molecule has 1 unspecified atom stereocenters. The van der Waals surface area contributed by atoms with E-state index in [1.54, 1.807) is 11.0 Å². The van der Waals surface area contributed by atoms with Gasteiger partial charge >= 0.3 is 12.1 Å². The number of morpholine rings is 1. The van der Waals surface area contributed by atoms with Crippen LogP contribution in [0, 0.1) is 0 Å². The average Bonchev–Trinajstić information content (AvgIpc) is 3.61. The molecule has 4 heterocycles. The summed E-state index contributed by atoms with van der Waals surface area (Å²) in [5.74, 6) is -1.74. The highest BCUT2D eigenvalue weighted by atomic mass is 32.1. The van der Waals surface area contributed by atoms with E-state index >= 15 is 0 Å². The third kappa shape index (κ3) is 4.73. The Morgan fingerprint density at radius 3 is 2.86 bits per heavy atom. The van der Waals surface area contributed by atoms with Crippen molar-refractivity contribution in [1.29, 1.82) is 0 Å². The largest absolute Gasteiger partial charge is 0.492 e. The lowest BCUT2D eigenvalue weighted by atomic mass is 10.1. The zero-order valence-electron chi connectivity index (χ0n) is 18.1. The minimum Gasteiger partial charge on any atom is -0.492 e. The number of alkyl halides is 3. The number of para-hydroxylation sites is 1. The molecule has 2 aliphatic rings. The van der Waals surface area contributed by atoms with Crippen molar-refractivity contribution in [3.63, 3.8) is 0 Å².